The molecule has 2 aromatic rings. The van der Waals surface area contributed by atoms with E-state index in [4.69, 9.17) is 17.9 Å². The number of carbonyl (C=O) groups is 1. The highest BCUT2D eigenvalue weighted by molar-refractivity contribution is 6.02. The molecule has 18 heavy (non-hydrogen) atoms. The number of primary amides is 1. The molecule has 0 radical (unpaired) electrons. The fourth-order valence-electron chi connectivity index (χ4n) is 1.87. The van der Waals surface area contributed by atoms with Gasteiger partial charge in [0.25, 0.3) is 5.91 Å². The molecule has 0 heterocycles. The number of rotatable bonds is 2. The van der Waals surface area contributed by atoms with E-state index in [-0.39, 0.29) is 5.56 Å². The third-order valence-corrected chi connectivity index (χ3v) is 2.73. The van der Waals surface area contributed by atoms with Crippen molar-refractivity contribution < 1.29 is 4.79 Å². The fraction of sp³-hybridized carbons (Fsp3) is 0. The van der Waals surface area contributed by atoms with E-state index in [0.29, 0.717) is 16.8 Å². The summed E-state index contributed by atoms with van der Waals surface area (Å²) in [5.41, 5.74) is 14.1. The zero-order chi connectivity index (χ0) is 13.1. The van der Waals surface area contributed by atoms with Gasteiger partial charge in [-0.25, -0.2) is 0 Å². The number of nitrogens with two attached hydrogens (primary N) is 2. The first kappa shape index (κ1) is 11.7. The van der Waals surface area contributed by atoms with Crippen molar-refractivity contribution in [2.75, 3.05) is 5.73 Å². The van der Waals surface area contributed by atoms with Crippen LogP contribution >= 0.6 is 0 Å². The highest BCUT2D eigenvalue weighted by Gasteiger charge is 2.14. The molecular weight excluding hydrogens is 224 g/mol. The Kier molecular flexibility index (Phi) is 3.03. The van der Waals surface area contributed by atoms with Gasteiger partial charge in [0.2, 0.25) is 0 Å². The summed E-state index contributed by atoms with van der Waals surface area (Å²) in [4.78, 5) is 11.3. The number of hydrogen-bond donors (Lipinski definition) is 2. The first-order valence-corrected chi connectivity index (χ1v) is 5.39. The number of terminal acetylenes is 1. The molecule has 2 aromatic carbocycles. The first-order valence-electron chi connectivity index (χ1n) is 5.39. The number of benzene rings is 2. The fourth-order valence-corrected chi connectivity index (χ4v) is 1.87. The van der Waals surface area contributed by atoms with Gasteiger partial charge in [-0.3, -0.25) is 4.79 Å². The maximum Gasteiger partial charge on any atom is 0.250 e. The Balaban J connectivity index is 2.76. The van der Waals surface area contributed by atoms with E-state index < -0.39 is 5.91 Å². The molecular formula is C15H12N2O. The Morgan fingerprint density at radius 1 is 1.11 bits per heavy atom. The van der Waals surface area contributed by atoms with Crippen LogP contribution in [0.2, 0.25) is 0 Å². The molecule has 0 aliphatic carbocycles. The normalized spacial score (nSPS) is 9.72. The average molecular weight is 236 g/mol. The number of amides is 1. The van der Waals surface area contributed by atoms with Crippen LogP contribution in [0, 0.1) is 12.3 Å². The Morgan fingerprint density at radius 2 is 1.78 bits per heavy atom. The van der Waals surface area contributed by atoms with Crippen LogP contribution in [0.4, 0.5) is 5.69 Å². The van der Waals surface area contributed by atoms with Gasteiger partial charge in [0, 0.05) is 11.1 Å². The minimum atomic E-state index is -0.562. The molecule has 4 N–H and O–H groups in total. The minimum Gasteiger partial charge on any atom is -0.398 e. The molecule has 2 rings (SSSR count). The van der Waals surface area contributed by atoms with Crippen molar-refractivity contribution in [1.82, 2.24) is 0 Å². The van der Waals surface area contributed by atoms with Gasteiger partial charge in [-0.05, 0) is 17.7 Å². The van der Waals surface area contributed by atoms with Crippen molar-refractivity contribution in [3.05, 3.63) is 53.6 Å². The molecule has 0 aliphatic rings. The molecule has 0 saturated carbocycles. The molecule has 3 heteroatoms. The monoisotopic (exact) mass is 236 g/mol. The largest absolute Gasteiger partial charge is 0.398 e. The zero-order valence-corrected chi connectivity index (χ0v) is 9.68. The standard InChI is InChI=1S/C15H12N2O/c1-2-10-8-9-12(15(17)18)14(16)13(10)11-6-4-3-5-7-11/h1,3-9H,16H2,(H2,17,18). The molecule has 0 spiro atoms. The van der Waals surface area contributed by atoms with Crippen LogP contribution in [-0.4, -0.2) is 5.91 Å². The molecule has 0 fully saturated rings. The summed E-state index contributed by atoms with van der Waals surface area (Å²) in [6, 6.07) is 12.7. The van der Waals surface area contributed by atoms with E-state index in [0.717, 1.165) is 5.56 Å². The number of nitrogen functional groups attached to an aromatic ring is 1. The van der Waals surface area contributed by atoms with E-state index in [9.17, 15) is 4.79 Å². The molecule has 0 saturated heterocycles. The van der Waals surface area contributed by atoms with Gasteiger partial charge in [0.1, 0.15) is 0 Å². The van der Waals surface area contributed by atoms with Gasteiger partial charge in [0.05, 0.1) is 11.3 Å². The lowest BCUT2D eigenvalue weighted by atomic mass is 9.95. The van der Waals surface area contributed by atoms with Crippen molar-refractivity contribution in [2.24, 2.45) is 5.73 Å². The smallest absolute Gasteiger partial charge is 0.250 e. The van der Waals surface area contributed by atoms with Crippen LogP contribution in [-0.2, 0) is 0 Å². The van der Waals surface area contributed by atoms with E-state index in [1.54, 1.807) is 12.1 Å². The number of hydrogen-bond acceptors (Lipinski definition) is 2. The van der Waals surface area contributed by atoms with Gasteiger partial charge in [-0.2, -0.15) is 0 Å². The van der Waals surface area contributed by atoms with E-state index >= 15 is 0 Å². The highest BCUT2D eigenvalue weighted by Crippen LogP contribution is 2.31. The molecule has 0 bridgehead atoms. The van der Waals surface area contributed by atoms with E-state index in [2.05, 4.69) is 5.92 Å². The number of anilines is 1. The van der Waals surface area contributed by atoms with E-state index in [1.807, 2.05) is 30.3 Å². The van der Waals surface area contributed by atoms with Crippen molar-refractivity contribution in [1.29, 1.82) is 0 Å². The Bertz CT molecular complexity index is 640. The second kappa shape index (κ2) is 4.64. The van der Waals surface area contributed by atoms with Crippen LogP contribution in [0.5, 0.6) is 0 Å². The van der Waals surface area contributed by atoms with Crippen molar-refractivity contribution >= 4 is 11.6 Å². The summed E-state index contributed by atoms with van der Waals surface area (Å²) >= 11 is 0. The first-order chi connectivity index (χ1) is 8.65. The lowest BCUT2D eigenvalue weighted by Gasteiger charge is -2.11. The predicted molar refractivity (Wildman–Crippen MR) is 72.7 cm³/mol. The molecule has 0 aromatic heterocycles. The topological polar surface area (TPSA) is 69.1 Å². The van der Waals surface area contributed by atoms with Crippen LogP contribution < -0.4 is 11.5 Å². The summed E-state index contributed by atoms with van der Waals surface area (Å²) < 4.78 is 0. The SMILES string of the molecule is C#Cc1ccc(C(N)=O)c(N)c1-c1ccccc1. The summed E-state index contributed by atoms with van der Waals surface area (Å²) in [5.74, 6) is 2.01. The highest BCUT2D eigenvalue weighted by atomic mass is 16.1. The molecule has 3 nitrogen and oxygen atoms in total. The van der Waals surface area contributed by atoms with Gasteiger partial charge in [-0.1, -0.05) is 36.3 Å². The summed E-state index contributed by atoms with van der Waals surface area (Å²) in [7, 11) is 0. The van der Waals surface area contributed by atoms with Crippen LogP contribution in [0.25, 0.3) is 11.1 Å². The van der Waals surface area contributed by atoms with E-state index in [1.165, 1.54) is 0 Å². The molecule has 0 aliphatic heterocycles. The second-order valence-corrected chi connectivity index (χ2v) is 3.82. The molecule has 0 unspecified atom stereocenters. The third kappa shape index (κ3) is 1.92. The summed E-state index contributed by atoms with van der Waals surface area (Å²) in [5, 5.41) is 0. The lowest BCUT2D eigenvalue weighted by molar-refractivity contribution is 0.100. The van der Waals surface area contributed by atoms with Gasteiger partial charge >= 0.3 is 0 Å². The Hall–Kier alpha value is -2.73. The van der Waals surface area contributed by atoms with Crippen molar-refractivity contribution in [3.8, 4) is 23.5 Å². The van der Waals surface area contributed by atoms with Crippen LogP contribution in [0.1, 0.15) is 15.9 Å². The minimum absolute atomic E-state index is 0.285. The Labute approximate surface area is 105 Å². The van der Waals surface area contributed by atoms with Crippen LogP contribution in [0.3, 0.4) is 0 Å². The lowest BCUT2D eigenvalue weighted by Crippen LogP contribution is -2.14. The quantitative estimate of drug-likeness (QED) is 0.618. The third-order valence-electron chi connectivity index (χ3n) is 2.73. The molecule has 88 valence electrons. The Morgan fingerprint density at radius 3 is 2.33 bits per heavy atom. The van der Waals surface area contributed by atoms with Gasteiger partial charge in [0.15, 0.2) is 0 Å². The predicted octanol–water partition coefficient (Wildman–Crippen LogP) is 2.02. The average Bonchev–Trinajstić information content (AvgIpc) is 2.38. The second-order valence-electron chi connectivity index (χ2n) is 3.82. The van der Waals surface area contributed by atoms with Crippen molar-refractivity contribution in [2.45, 2.75) is 0 Å². The summed E-state index contributed by atoms with van der Waals surface area (Å²) in [6.07, 6.45) is 5.46. The molecule has 1 amide bonds. The van der Waals surface area contributed by atoms with Gasteiger partial charge < -0.3 is 11.5 Å². The van der Waals surface area contributed by atoms with Gasteiger partial charge in [-0.15, -0.1) is 6.42 Å². The maximum atomic E-state index is 11.3. The molecule has 0 atom stereocenters. The zero-order valence-electron chi connectivity index (χ0n) is 9.68. The van der Waals surface area contributed by atoms with Crippen molar-refractivity contribution in [3.63, 3.8) is 0 Å². The number of carbonyl (C=O) groups excluding carboxylic acids is 1. The summed E-state index contributed by atoms with van der Waals surface area (Å²) in [6.45, 7) is 0. The maximum absolute atomic E-state index is 11.3. The van der Waals surface area contributed by atoms with Crippen LogP contribution in [0.15, 0.2) is 42.5 Å².